The van der Waals surface area contributed by atoms with Gasteiger partial charge in [0.15, 0.2) is 0 Å². The lowest BCUT2D eigenvalue weighted by atomic mass is 10.2. The summed E-state index contributed by atoms with van der Waals surface area (Å²) in [6, 6.07) is 9.14. The maximum atomic E-state index is 11.4. The van der Waals surface area contributed by atoms with E-state index < -0.39 is 0 Å². The molecule has 0 heterocycles. The molecule has 0 unspecified atom stereocenters. The van der Waals surface area contributed by atoms with Gasteiger partial charge in [-0.15, -0.1) is 0 Å². The van der Waals surface area contributed by atoms with Gasteiger partial charge in [-0.25, -0.2) is 0 Å². The van der Waals surface area contributed by atoms with E-state index in [0.717, 1.165) is 13.0 Å². The van der Waals surface area contributed by atoms with Crippen LogP contribution in [-0.2, 0) is 4.79 Å². The molecule has 0 bridgehead atoms. The lowest BCUT2D eigenvalue weighted by molar-refractivity contribution is -0.121. The van der Waals surface area contributed by atoms with Gasteiger partial charge >= 0.3 is 0 Å². The van der Waals surface area contributed by atoms with Gasteiger partial charge in [-0.3, -0.25) is 9.69 Å². The average Bonchev–Trinajstić information content (AvgIpc) is 2.47. The quantitative estimate of drug-likeness (QED) is 0.778. The minimum atomic E-state index is 0.00456. The lowest BCUT2D eigenvalue weighted by Crippen LogP contribution is -2.38. The standard InChI is InChI=1S/C15H21N3O2/c1-3-7-18(12-15(19)17-2)8-9-20-14-6-4-5-13(10-14)11-16/h4-6,10H,3,7-9,12H2,1-2H3,(H,17,19). The number of carbonyl (C=O) groups is 1. The molecule has 0 saturated carbocycles. The number of nitrogens with one attached hydrogen (secondary N) is 1. The van der Waals surface area contributed by atoms with Crippen LogP contribution in [0.3, 0.4) is 0 Å². The number of hydrogen-bond acceptors (Lipinski definition) is 4. The van der Waals surface area contributed by atoms with Gasteiger partial charge in [-0.1, -0.05) is 13.0 Å². The fourth-order valence-corrected chi connectivity index (χ4v) is 1.82. The highest BCUT2D eigenvalue weighted by Crippen LogP contribution is 2.12. The van der Waals surface area contributed by atoms with Gasteiger partial charge in [0.05, 0.1) is 18.2 Å². The second-order valence-electron chi connectivity index (χ2n) is 4.44. The highest BCUT2D eigenvalue weighted by molar-refractivity contribution is 5.77. The normalized spacial score (nSPS) is 10.1. The molecule has 108 valence electrons. The third-order valence-electron chi connectivity index (χ3n) is 2.83. The second-order valence-corrected chi connectivity index (χ2v) is 4.44. The minimum Gasteiger partial charge on any atom is -0.492 e. The topological polar surface area (TPSA) is 65.4 Å². The third kappa shape index (κ3) is 5.72. The molecule has 1 N–H and O–H groups in total. The number of nitriles is 1. The molecular formula is C15H21N3O2. The van der Waals surface area contributed by atoms with E-state index in [4.69, 9.17) is 10.00 Å². The Morgan fingerprint density at radius 3 is 2.90 bits per heavy atom. The van der Waals surface area contributed by atoms with E-state index in [9.17, 15) is 4.79 Å². The van der Waals surface area contributed by atoms with Crippen LogP contribution in [0.2, 0.25) is 0 Å². The van der Waals surface area contributed by atoms with Crippen LogP contribution >= 0.6 is 0 Å². The van der Waals surface area contributed by atoms with Crippen molar-refractivity contribution in [1.82, 2.24) is 10.2 Å². The summed E-state index contributed by atoms with van der Waals surface area (Å²) >= 11 is 0. The summed E-state index contributed by atoms with van der Waals surface area (Å²) in [5.74, 6) is 0.686. The van der Waals surface area contributed by atoms with Crippen LogP contribution in [0.4, 0.5) is 0 Å². The molecule has 0 fully saturated rings. The molecule has 5 heteroatoms. The van der Waals surface area contributed by atoms with Gasteiger partial charge < -0.3 is 10.1 Å². The SMILES string of the molecule is CCCN(CCOc1cccc(C#N)c1)CC(=O)NC. The van der Waals surface area contributed by atoms with Crippen molar-refractivity contribution in [2.75, 3.05) is 33.3 Å². The van der Waals surface area contributed by atoms with Crippen LogP contribution in [0.15, 0.2) is 24.3 Å². The molecule has 20 heavy (non-hydrogen) atoms. The Labute approximate surface area is 120 Å². The molecule has 1 aromatic rings. The smallest absolute Gasteiger partial charge is 0.233 e. The van der Waals surface area contributed by atoms with E-state index in [1.54, 1.807) is 25.2 Å². The first-order valence-electron chi connectivity index (χ1n) is 6.75. The Balaban J connectivity index is 2.43. The second kappa shape index (κ2) is 8.94. The molecule has 0 saturated heterocycles. The lowest BCUT2D eigenvalue weighted by Gasteiger charge is -2.20. The molecule has 0 spiro atoms. The maximum absolute atomic E-state index is 11.4. The Morgan fingerprint density at radius 1 is 1.45 bits per heavy atom. The van der Waals surface area contributed by atoms with Crippen molar-refractivity contribution < 1.29 is 9.53 Å². The van der Waals surface area contributed by atoms with E-state index in [0.29, 0.717) is 31.0 Å². The van der Waals surface area contributed by atoms with E-state index in [-0.39, 0.29) is 5.91 Å². The molecule has 0 radical (unpaired) electrons. The van der Waals surface area contributed by atoms with Crippen molar-refractivity contribution in [3.8, 4) is 11.8 Å². The number of likely N-dealkylation sites (N-methyl/N-ethyl adjacent to an activating group) is 1. The predicted molar refractivity (Wildman–Crippen MR) is 77.4 cm³/mol. The highest BCUT2D eigenvalue weighted by Gasteiger charge is 2.08. The number of ether oxygens (including phenoxy) is 1. The number of rotatable bonds is 8. The number of carbonyl (C=O) groups excluding carboxylic acids is 1. The van der Waals surface area contributed by atoms with E-state index in [1.807, 2.05) is 11.0 Å². The molecule has 0 aliphatic rings. The van der Waals surface area contributed by atoms with Gasteiger partial charge in [0.1, 0.15) is 12.4 Å². The molecule has 0 aromatic heterocycles. The van der Waals surface area contributed by atoms with Crippen LogP contribution in [0, 0.1) is 11.3 Å². The molecule has 5 nitrogen and oxygen atoms in total. The largest absolute Gasteiger partial charge is 0.492 e. The van der Waals surface area contributed by atoms with Gasteiger partial charge in [-0.05, 0) is 31.2 Å². The molecule has 1 amide bonds. The highest BCUT2D eigenvalue weighted by atomic mass is 16.5. The summed E-state index contributed by atoms with van der Waals surface area (Å²) in [6.07, 6.45) is 0.987. The predicted octanol–water partition coefficient (Wildman–Crippen LogP) is 1.40. The first-order valence-corrected chi connectivity index (χ1v) is 6.75. The first-order chi connectivity index (χ1) is 9.69. The third-order valence-corrected chi connectivity index (χ3v) is 2.83. The number of nitrogens with zero attached hydrogens (tertiary/aromatic N) is 2. The molecule has 0 aliphatic carbocycles. The van der Waals surface area contributed by atoms with Crippen LogP contribution in [0.5, 0.6) is 5.75 Å². The van der Waals surface area contributed by atoms with Crippen molar-refractivity contribution >= 4 is 5.91 Å². The number of amides is 1. The Kier molecular flexibility index (Phi) is 7.15. The number of hydrogen-bond donors (Lipinski definition) is 1. The van der Waals surface area contributed by atoms with E-state index in [1.165, 1.54) is 0 Å². The summed E-state index contributed by atoms with van der Waals surface area (Å²) in [6.45, 7) is 4.49. The molecule has 1 rings (SSSR count). The van der Waals surface area contributed by atoms with Gasteiger partial charge in [0.25, 0.3) is 0 Å². The van der Waals surface area contributed by atoms with Crippen LogP contribution in [0.1, 0.15) is 18.9 Å². The summed E-state index contributed by atoms with van der Waals surface area (Å²) in [7, 11) is 1.64. The monoisotopic (exact) mass is 275 g/mol. The molecule has 0 atom stereocenters. The summed E-state index contributed by atoms with van der Waals surface area (Å²) in [5, 5.41) is 11.4. The van der Waals surface area contributed by atoms with Gasteiger partial charge in [-0.2, -0.15) is 5.26 Å². The minimum absolute atomic E-state index is 0.00456. The van der Waals surface area contributed by atoms with Crippen molar-refractivity contribution in [1.29, 1.82) is 5.26 Å². The van der Waals surface area contributed by atoms with Crippen molar-refractivity contribution in [2.45, 2.75) is 13.3 Å². The maximum Gasteiger partial charge on any atom is 0.233 e. The first kappa shape index (κ1) is 16.0. The zero-order valence-corrected chi connectivity index (χ0v) is 12.1. The molecule has 0 aliphatic heterocycles. The molecule has 1 aromatic carbocycles. The van der Waals surface area contributed by atoms with Crippen LogP contribution < -0.4 is 10.1 Å². The number of benzene rings is 1. The Bertz CT molecular complexity index is 468. The summed E-state index contributed by atoms with van der Waals surface area (Å²) in [5.41, 5.74) is 0.582. The average molecular weight is 275 g/mol. The fourth-order valence-electron chi connectivity index (χ4n) is 1.82. The van der Waals surface area contributed by atoms with E-state index >= 15 is 0 Å². The summed E-state index contributed by atoms with van der Waals surface area (Å²) in [4.78, 5) is 13.4. The zero-order valence-electron chi connectivity index (χ0n) is 12.1. The Hall–Kier alpha value is -2.06. The van der Waals surface area contributed by atoms with Crippen molar-refractivity contribution in [2.24, 2.45) is 0 Å². The van der Waals surface area contributed by atoms with Crippen molar-refractivity contribution in [3.63, 3.8) is 0 Å². The van der Waals surface area contributed by atoms with Gasteiger partial charge in [0, 0.05) is 13.6 Å². The Morgan fingerprint density at radius 2 is 2.25 bits per heavy atom. The van der Waals surface area contributed by atoms with Crippen molar-refractivity contribution in [3.05, 3.63) is 29.8 Å². The van der Waals surface area contributed by atoms with Crippen LogP contribution in [-0.4, -0.2) is 44.1 Å². The van der Waals surface area contributed by atoms with Gasteiger partial charge in [0.2, 0.25) is 5.91 Å². The fraction of sp³-hybridized carbons (Fsp3) is 0.467. The zero-order chi connectivity index (χ0) is 14.8. The molecular weight excluding hydrogens is 254 g/mol. The van der Waals surface area contributed by atoms with E-state index in [2.05, 4.69) is 18.3 Å². The summed E-state index contributed by atoms with van der Waals surface area (Å²) < 4.78 is 5.62. The van der Waals surface area contributed by atoms with Crippen LogP contribution in [0.25, 0.3) is 0 Å².